The number of nitriles is 1. The average Bonchev–Trinajstić information content (AvgIpc) is 2.86. The van der Waals surface area contributed by atoms with Crippen LogP contribution in [-0.4, -0.2) is 14.5 Å². The van der Waals surface area contributed by atoms with E-state index in [1.165, 1.54) is 18.5 Å². The van der Waals surface area contributed by atoms with Crippen LogP contribution in [0.25, 0.3) is 11.0 Å². The van der Waals surface area contributed by atoms with Gasteiger partial charge in [-0.15, -0.1) is 0 Å². The predicted octanol–water partition coefficient (Wildman–Crippen LogP) is 2.27. The molecule has 0 unspecified atom stereocenters. The van der Waals surface area contributed by atoms with E-state index in [2.05, 4.69) is 16.0 Å². The number of aromatic nitrogens is 3. The molecule has 0 amide bonds. The molecule has 0 spiro atoms. The van der Waals surface area contributed by atoms with Crippen LogP contribution in [0.15, 0.2) is 36.8 Å². The molecule has 2 N–H and O–H groups in total. The van der Waals surface area contributed by atoms with Gasteiger partial charge in [0.15, 0.2) is 0 Å². The summed E-state index contributed by atoms with van der Waals surface area (Å²) in [6, 6.07) is 8.47. The molecule has 5 nitrogen and oxygen atoms in total. The van der Waals surface area contributed by atoms with Gasteiger partial charge < -0.3 is 10.3 Å². The van der Waals surface area contributed by atoms with Crippen LogP contribution >= 0.6 is 0 Å². The van der Waals surface area contributed by atoms with Gasteiger partial charge in [0.1, 0.15) is 29.7 Å². The molecule has 21 heavy (non-hydrogen) atoms. The van der Waals surface area contributed by atoms with E-state index in [1.54, 1.807) is 18.3 Å². The third kappa shape index (κ3) is 2.41. The van der Waals surface area contributed by atoms with Gasteiger partial charge in [0, 0.05) is 12.7 Å². The molecule has 0 bridgehead atoms. The fraction of sp³-hybridized carbons (Fsp3) is 0.133. The van der Waals surface area contributed by atoms with Crippen LogP contribution in [0, 0.1) is 17.1 Å². The normalized spacial score (nSPS) is 10.7. The third-order valence-corrected chi connectivity index (χ3v) is 3.36. The summed E-state index contributed by atoms with van der Waals surface area (Å²) in [6.07, 6.45) is 3.81. The SMILES string of the molecule is N#Cc1cn(CCc2ccc(F)cc2)c2ncnc(N)c12. The summed E-state index contributed by atoms with van der Waals surface area (Å²) in [6.45, 7) is 0.625. The van der Waals surface area contributed by atoms with Crippen molar-refractivity contribution in [1.29, 1.82) is 5.26 Å². The molecule has 3 rings (SSSR count). The number of hydrogen-bond donors (Lipinski definition) is 1. The predicted molar refractivity (Wildman–Crippen MR) is 76.8 cm³/mol. The fourth-order valence-electron chi connectivity index (χ4n) is 2.30. The van der Waals surface area contributed by atoms with Crippen LogP contribution in [0.5, 0.6) is 0 Å². The molecule has 104 valence electrons. The van der Waals surface area contributed by atoms with E-state index >= 15 is 0 Å². The van der Waals surface area contributed by atoms with Gasteiger partial charge >= 0.3 is 0 Å². The quantitative estimate of drug-likeness (QED) is 0.798. The van der Waals surface area contributed by atoms with Gasteiger partial charge in [-0.3, -0.25) is 0 Å². The van der Waals surface area contributed by atoms with E-state index in [0.717, 1.165) is 5.56 Å². The second kappa shape index (κ2) is 5.21. The highest BCUT2D eigenvalue weighted by Crippen LogP contribution is 2.23. The molecule has 0 aliphatic carbocycles. The maximum atomic E-state index is 12.9. The molecule has 2 aromatic heterocycles. The first-order chi connectivity index (χ1) is 10.2. The summed E-state index contributed by atoms with van der Waals surface area (Å²) >= 11 is 0. The highest BCUT2D eigenvalue weighted by atomic mass is 19.1. The smallest absolute Gasteiger partial charge is 0.146 e. The summed E-state index contributed by atoms with van der Waals surface area (Å²) in [4.78, 5) is 8.12. The maximum absolute atomic E-state index is 12.9. The molecular formula is C15H12FN5. The van der Waals surface area contributed by atoms with Gasteiger partial charge in [0.25, 0.3) is 0 Å². The Hall–Kier alpha value is -2.94. The lowest BCUT2D eigenvalue weighted by atomic mass is 10.1. The molecular weight excluding hydrogens is 269 g/mol. The number of benzene rings is 1. The maximum Gasteiger partial charge on any atom is 0.146 e. The third-order valence-electron chi connectivity index (χ3n) is 3.36. The van der Waals surface area contributed by atoms with Crippen molar-refractivity contribution in [2.24, 2.45) is 0 Å². The Labute approximate surface area is 120 Å². The van der Waals surface area contributed by atoms with E-state index in [4.69, 9.17) is 5.73 Å². The Morgan fingerprint density at radius 1 is 1.24 bits per heavy atom. The summed E-state index contributed by atoms with van der Waals surface area (Å²) < 4.78 is 14.7. The van der Waals surface area contributed by atoms with Crippen molar-refractivity contribution in [3.05, 3.63) is 53.7 Å². The lowest BCUT2D eigenvalue weighted by Crippen LogP contribution is -2.02. The summed E-state index contributed by atoms with van der Waals surface area (Å²) in [5, 5.41) is 9.76. The van der Waals surface area contributed by atoms with Gasteiger partial charge in [0.2, 0.25) is 0 Å². The second-order valence-electron chi connectivity index (χ2n) is 4.68. The number of hydrogen-bond acceptors (Lipinski definition) is 4. The first-order valence-electron chi connectivity index (χ1n) is 6.43. The Kier molecular flexibility index (Phi) is 3.24. The Balaban J connectivity index is 1.93. The molecule has 6 heteroatoms. The Morgan fingerprint density at radius 3 is 2.71 bits per heavy atom. The van der Waals surface area contributed by atoms with Crippen molar-refractivity contribution in [3.63, 3.8) is 0 Å². The molecule has 0 saturated heterocycles. The standard InChI is InChI=1S/C15H12FN5/c16-12-3-1-10(2-4-12)5-6-21-8-11(7-17)13-14(18)19-9-20-15(13)21/h1-4,8-9H,5-6H2,(H2,18,19,20). The van der Waals surface area contributed by atoms with Crippen molar-refractivity contribution in [2.45, 2.75) is 13.0 Å². The molecule has 0 radical (unpaired) electrons. The fourth-order valence-corrected chi connectivity index (χ4v) is 2.30. The van der Waals surface area contributed by atoms with Crippen LogP contribution in [0.1, 0.15) is 11.1 Å². The molecule has 2 heterocycles. The van der Waals surface area contributed by atoms with Gasteiger partial charge in [0.05, 0.1) is 10.9 Å². The number of rotatable bonds is 3. The van der Waals surface area contributed by atoms with Crippen molar-refractivity contribution in [1.82, 2.24) is 14.5 Å². The molecule has 1 aromatic carbocycles. The Morgan fingerprint density at radius 2 is 2.00 bits per heavy atom. The lowest BCUT2D eigenvalue weighted by Gasteiger charge is -2.05. The van der Waals surface area contributed by atoms with E-state index < -0.39 is 0 Å². The molecule has 0 aliphatic heterocycles. The van der Waals surface area contributed by atoms with Gasteiger partial charge in [-0.05, 0) is 24.1 Å². The van der Waals surface area contributed by atoms with Crippen LogP contribution in [0.2, 0.25) is 0 Å². The molecule has 0 atom stereocenters. The zero-order valence-corrected chi connectivity index (χ0v) is 11.1. The van der Waals surface area contributed by atoms with Crippen molar-refractivity contribution in [2.75, 3.05) is 5.73 Å². The monoisotopic (exact) mass is 281 g/mol. The number of nitrogen functional groups attached to an aromatic ring is 1. The van der Waals surface area contributed by atoms with Crippen LogP contribution in [-0.2, 0) is 13.0 Å². The summed E-state index contributed by atoms with van der Waals surface area (Å²) in [7, 11) is 0. The molecule has 3 aromatic rings. The minimum atomic E-state index is -0.252. The van der Waals surface area contributed by atoms with E-state index in [9.17, 15) is 9.65 Å². The topological polar surface area (TPSA) is 80.5 Å². The lowest BCUT2D eigenvalue weighted by molar-refractivity contribution is 0.626. The van der Waals surface area contributed by atoms with Crippen LogP contribution < -0.4 is 5.73 Å². The van der Waals surface area contributed by atoms with Crippen molar-refractivity contribution < 1.29 is 4.39 Å². The first kappa shape index (κ1) is 13.1. The second-order valence-corrected chi connectivity index (χ2v) is 4.68. The zero-order valence-electron chi connectivity index (χ0n) is 11.1. The number of fused-ring (bicyclic) bond motifs is 1. The van der Waals surface area contributed by atoms with Gasteiger partial charge in [-0.1, -0.05) is 12.1 Å². The van der Waals surface area contributed by atoms with Gasteiger partial charge in [-0.25, -0.2) is 14.4 Å². The zero-order chi connectivity index (χ0) is 14.8. The number of nitrogens with zero attached hydrogens (tertiary/aromatic N) is 4. The Bertz CT molecular complexity index is 830. The van der Waals surface area contributed by atoms with E-state index in [0.29, 0.717) is 35.4 Å². The van der Waals surface area contributed by atoms with Crippen LogP contribution in [0.3, 0.4) is 0 Å². The van der Waals surface area contributed by atoms with Crippen LogP contribution in [0.4, 0.5) is 10.2 Å². The minimum Gasteiger partial charge on any atom is -0.383 e. The van der Waals surface area contributed by atoms with E-state index in [1.807, 2.05) is 4.57 Å². The highest BCUT2D eigenvalue weighted by molar-refractivity contribution is 5.91. The summed E-state index contributed by atoms with van der Waals surface area (Å²) in [5.41, 5.74) is 7.93. The number of halogens is 1. The van der Waals surface area contributed by atoms with Crippen molar-refractivity contribution in [3.8, 4) is 6.07 Å². The first-order valence-corrected chi connectivity index (χ1v) is 6.43. The minimum absolute atomic E-state index is 0.252. The van der Waals surface area contributed by atoms with E-state index in [-0.39, 0.29) is 5.82 Å². The number of aryl methyl sites for hydroxylation is 2. The highest BCUT2D eigenvalue weighted by Gasteiger charge is 2.12. The number of anilines is 1. The largest absolute Gasteiger partial charge is 0.383 e. The molecule has 0 fully saturated rings. The molecule has 0 saturated carbocycles. The summed E-state index contributed by atoms with van der Waals surface area (Å²) in [5.74, 6) is 0.0505. The number of nitrogens with two attached hydrogens (primary N) is 1. The van der Waals surface area contributed by atoms with Gasteiger partial charge in [-0.2, -0.15) is 5.26 Å². The average molecular weight is 281 g/mol. The molecule has 0 aliphatic rings. The van der Waals surface area contributed by atoms with Crippen molar-refractivity contribution >= 4 is 16.9 Å².